The van der Waals surface area contributed by atoms with Crippen LogP contribution in [0, 0.1) is 0 Å². The number of hydrogen-bond donors (Lipinski definition) is 2. The van der Waals surface area contributed by atoms with Crippen LogP contribution in [0.2, 0.25) is 0 Å². The fourth-order valence-electron chi connectivity index (χ4n) is 4.92. The van der Waals surface area contributed by atoms with Gasteiger partial charge in [-0.15, -0.1) is 10.2 Å². The summed E-state index contributed by atoms with van der Waals surface area (Å²) in [4.78, 5) is 27.7. The molecule has 1 aromatic carbocycles. The van der Waals surface area contributed by atoms with Crippen molar-refractivity contribution in [2.45, 2.75) is 25.9 Å². The molecule has 1 atom stereocenters. The molecule has 14 heteroatoms. The van der Waals surface area contributed by atoms with Crippen LogP contribution in [0.4, 0.5) is 20.3 Å². The number of nitrogens with two attached hydrogens (primary N) is 2. The van der Waals surface area contributed by atoms with Crippen molar-refractivity contribution in [1.82, 2.24) is 30.0 Å². The Morgan fingerprint density at radius 2 is 1.85 bits per heavy atom. The molecule has 0 saturated carbocycles. The second-order valence-electron chi connectivity index (χ2n) is 9.93. The Bertz CT molecular complexity index is 1350. The van der Waals surface area contributed by atoms with Gasteiger partial charge < -0.3 is 20.3 Å². The molecule has 2 fully saturated rings. The number of benzene rings is 1. The molecule has 0 bridgehead atoms. The van der Waals surface area contributed by atoms with Gasteiger partial charge in [0.05, 0.1) is 30.5 Å². The molecule has 4 heterocycles. The Balaban J connectivity index is 1.19. The van der Waals surface area contributed by atoms with Crippen LogP contribution in [-0.2, 0) is 11.3 Å². The molecule has 216 valence electrons. The number of ether oxygens (including phenoxy) is 1. The summed E-state index contributed by atoms with van der Waals surface area (Å²) in [7, 11) is 0. The van der Waals surface area contributed by atoms with Gasteiger partial charge in [-0.25, -0.2) is 24.6 Å². The van der Waals surface area contributed by atoms with Crippen molar-refractivity contribution in [1.29, 1.82) is 0 Å². The average Bonchev–Trinajstić information content (AvgIpc) is 2.97. The van der Waals surface area contributed by atoms with Gasteiger partial charge in [0.2, 0.25) is 11.8 Å². The first kappa shape index (κ1) is 28.1. The zero-order chi connectivity index (χ0) is 28.9. The minimum Gasteiger partial charge on any atom is -0.470 e. The zero-order valence-electron chi connectivity index (χ0n) is 22.6. The molecule has 2 aliphatic heterocycles. The van der Waals surface area contributed by atoms with Gasteiger partial charge in [0.15, 0.2) is 5.82 Å². The molecule has 0 aliphatic carbocycles. The molecule has 5 rings (SSSR count). The van der Waals surface area contributed by atoms with E-state index in [0.717, 1.165) is 12.4 Å². The lowest BCUT2D eigenvalue weighted by molar-refractivity contribution is -0.136. The van der Waals surface area contributed by atoms with E-state index < -0.39 is 6.43 Å². The molecule has 2 aromatic heterocycles. The van der Waals surface area contributed by atoms with E-state index in [9.17, 15) is 13.6 Å². The van der Waals surface area contributed by atoms with Crippen molar-refractivity contribution >= 4 is 17.4 Å². The Morgan fingerprint density at radius 1 is 1.10 bits per heavy atom. The second-order valence-corrected chi connectivity index (χ2v) is 9.93. The maximum atomic E-state index is 12.9. The van der Waals surface area contributed by atoms with Gasteiger partial charge in [-0.1, -0.05) is 12.1 Å². The Morgan fingerprint density at radius 3 is 2.51 bits per heavy atom. The number of anilines is 2. The fourth-order valence-corrected chi connectivity index (χ4v) is 4.92. The number of carbonyl (C=O) groups is 1. The largest absolute Gasteiger partial charge is 0.470 e. The third-order valence-corrected chi connectivity index (χ3v) is 7.10. The SMILES string of the molecule is C/C(N)=C(\COc1ccc(N2CC(=O)N3CCN(Cc4ncccn4)CC3C2)nn1)N(N)c1ccc(C(F)F)cc1. The summed E-state index contributed by atoms with van der Waals surface area (Å²) in [6.45, 7) is 5.26. The van der Waals surface area contributed by atoms with E-state index >= 15 is 0 Å². The van der Waals surface area contributed by atoms with Crippen molar-refractivity contribution in [3.8, 4) is 5.88 Å². The molecular weight excluding hydrogens is 534 g/mol. The van der Waals surface area contributed by atoms with Crippen LogP contribution in [0.3, 0.4) is 0 Å². The molecule has 4 N–H and O–H groups in total. The van der Waals surface area contributed by atoms with E-state index in [1.807, 2.05) is 9.80 Å². The molecule has 2 aliphatic rings. The first-order valence-electron chi connectivity index (χ1n) is 13.2. The van der Waals surface area contributed by atoms with E-state index in [1.165, 1.54) is 29.3 Å². The number of amides is 1. The van der Waals surface area contributed by atoms with E-state index in [-0.39, 0.29) is 36.5 Å². The van der Waals surface area contributed by atoms with Crippen LogP contribution < -0.4 is 26.2 Å². The number of halogens is 2. The molecule has 12 nitrogen and oxygen atoms in total. The minimum atomic E-state index is -2.57. The molecular formula is C27H32F2N10O2. The summed E-state index contributed by atoms with van der Waals surface area (Å²) in [5, 5.41) is 9.76. The van der Waals surface area contributed by atoms with Crippen molar-refractivity contribution in [2.24, 2.45) is 11.6 Å². The van der Waals surface area contributed by atoms with Crippen LogP contribution in [-0.4, -0.2) is 81.2 Å². The van der Waals surface area contributed by atoms with Crippen molar-refractivity contribution in [2.75, 3.05) is 49.2 Å². The van der Waals surface area contributed by atoms with Crippen LogP contribution in [0.15, 0.2) is 66.3 Å². The van der Waals surface area contributed by atoms with Crippen LogP contribution >= 0.6 is 0 Å². The number of alkyl halides is 2. The predicted octanol–water partition coefficient (Wildman–Crippen LogP) is 1.69. The standard InChI is InChI=1S/C27H32F2N10O2/c1-18(30)22(39(31)20-5-3-19(4-6-20)27(28)29)17-41-25-8-7-24(34-35-25)37-14-21-13-36(11-12-38(21)26(40)16-37)15-23-32-9-2-10-33-23/h2-10,21,27H,11-17,30-31H2,1H3/b22-18-. The van der Waals surface area contributed by atoms with Gasteiger partial charge in [0.1, 0.15) is 12.4 Å². The summed E-state index contributed by atoms with van der Waals surface area (Å²) < 4.78 is 31.6. The fraction of sp³-hybridized carbons (Fsp3) is 0.370. The summed E-state index contributed by atoms with van der Waals surface area (Å²) in [6.07, 6.45) is 0.890. The number of hydrogen-bond acceptors (Lipinski definition) is 11. The summed E-state index contributed by atoms with van der Waals surface area (Å²) >= 11 is 0. The monoisotopic (exact) mass is 566 g/mol. The van der Waals surface area contributed by atoms with E-state index in [4.69, 9.17) is 16.3 Å². The summed E-state index contributed by atoms with van der Waals surface area (Å²) in [6, 6.07) is 10.8. The normalized spacial score (nSPS) is 18.3. The Labute approximate surface area is 236 Å². The third kappa shape index (κ3) is 6.66. The molecule has 0 spiro atoms. The van der Waals surface area contributed by atoms with E-state index in [2.05, 4.69) is 25.1 Å². The smallest absolute Gasteiger partial charge is 0.263 e. The van der Waals surface area contributed by atoms with Crippen molar-refractivity contribution < 1.29 is 18.3 Å². The number of fused-ring (bicyclic) bond motifs is 1. The van der Waals surface area contributed by atoms with Gasteiger partial charge in [-0.2, -0.15) is 0 Å². The lowest BCUT2D eigenvalue weighted by Gasteiger charge is -2.47. The highest BCUT2D eigenvalue weighted by Crippen LogP contribution is 2.25. The molecule has 3 aromatic rings. The van der Waals surface area contributed by atoms with Gasteiger partial charge in [0, 0.05) is 55.9 Å². The van der Waals surface area contributed by atoms with E-state index in [0.29, 0.717) is 49.1 Å². The molecule has 1 unspecified atom stereocenters. The summed E-state index contributed by atoms with van der Waals surface area (Å²) in [5.74, 6) is 7.83. The molecule has 41 heavy (non-hydrogen) atoms. The average molecular weight is 567 g/mol. The maximum absolute atomic E-state index is 12.9. The number of nitrogens with zero attached hydrogens (tertiary/aromatic N) is 8. The van der Waals surface area contributed by atoms with Crippen LogP contribution in [0.5, 0.6) is 5.88 Å². The highest BCUT2D eigenvalue weighted by molar-refractivity contribution is 5.83. The Kier molecular flexibility index (Phi) is 8.50. The summed E-state index contributed by atoms with van der Waals surface area (Å²) in [5.41, 5.74) is 7.23. The van der Waals surface area contributed by atoms with Crippen LogP contribution in [0.25, 0.3) is 0 Å². The van der Waals surface area contributed by atoms with E-state index in [1.54, 1.807) is 37.5 Å². The Hall–Kier alpha value is -4.43. The topological polar surface area (TPSA) is 143 Å². The van der Waals surface area contributed by atoms with Gasteiger partial charge >= 0.3 is 0 Å². The number of rotatable bonds is 9. The van der Waals surface area contributed by atoms with Crippen LogP contribution in [0.1, 0.15) is 24.7 Å². The lowest BCUT2D eigenvalue weighted by Crippen LogP contribution is -2.64. The number of hydrazine groups is 1. The second kappa shape index (κ2) is 12.4. The highest BCUT2D eigenvalue weighted by atomic mass is 19.3. The number of aromatic nitrogens is 4. The van der Waals surface area contributed by atoms with Gasteiger partial charge in [-0.05, 0) is 31.2 Å². The zero-order valence-corrected chi connectivity index (χ0v) is 22.6. The number of allylic oxidation sites excluding steroid dienone is 1. The van der Waals surface area contributed by atoms with Gasteiger partial charge in [-0.3, -0.25) is 14.7 Å². The van der Waals surface area contributed by atoms with Crippen molar-refractivity contribution in [3.05, 3.63) is 77.6 Å². The molecule has 0 radical (unpaired) electrons. The minimum absolute atomic E-state index is 0.0111. The predicted molar refractivity (Wildman–Crippen MR) is 148 cm³/mol. The first-order chi connectivity index (χ1) is 19.8. The highest BCUT2D eigenvalue weighted by Gasteiger charge is 2.37. The maximum Gasteiger partial charge on any atom is 0.263 e. The lowest BCUT2D eigenvalue weighted by atomic mass is 10.1. The quantitative estimate of drug-likeness (QED) is 0.289. The molecule has 1 amide bonds. The number of carbonyl (C=O) groups excluding carboxylic acids is 1. The van der Waals surface area contributed by atoms with Gasteiger partial charge in [0.25, 0.3) is 6.43 Å². The number of piperazine rings is 2. The molecule has 2 saturated heterocycles. The first-order valence-corrected chi connectivity index (χ1v) is 13.2. The van der Waals surface area contributed by atoms with Crippen molar-refractivity contribution in [3.63, 3.8) is 0 Å². The third-order valence-electron chi connectivity index (χ3n) is 7.10.